The highest BCUT2D eigenvalue weighted by molar-refractivity contribution is 7.92. The lowest BCUT2D eigenvalue weighted by molar-refractivity contribution is -0.138. The second kappa shape index (κ2) is 10.5. The fourth-order valence-electron chi connectivity index (χ4n) is 3.76. The highest BCUT2D eigenvalue weighted by atomic mass is 32.2. The fraction of sp³-hybridized carbons (Fsp3) is 0.250. The molecule has 0 saturated carbocycles. The summed E-state index contributed by atoms with van der Waals surface area (Å²) in [6.45, 7) is 4.02. The first-order chi connectivity index (χ1) is 16.9. The SMILES string of the molecule is CC(Oc1cccc(C=N)c1)C(=O)N1CCN(c2ccc(S(=O)(=O)Nc3ccncn3)cc2)CC1.[HH]. The van der Waals surface area contributed by atoms with Crippen LogP contribution in [0.15, 0.2) is 72.0 Å². The van der Waals surface area contributed by atoms with E-state index in [0.29, 0.717) is 37.5 Å². The van der Waals surface area contributed by atoms with Gasteiger partial charge < -0.3 is 19.9 Å². The standard InChI is InChI=1S/C24H26N6O4S.H2/c1-18(34-21-4-2-3-19(15-21)16-25)24(31)30-13-11-29(12-14-30)20-5-7-22(8-6-20)35(32,33)28-23-9-10-26-17-27-23;/h2-10,15-18,25H,11-14H2,1H3,(H,26,27,28);1H. The van der Waals surface area contributed by atoms with E-state index >= 15 is 0 Å². The van der Waals surface area contributed by atoms with Crippen molar-refractivity contribution in [1.29, 1.82) is 5.41 Å². The predicted octanol–water partition coefficient (Wildman–Crippen LogP) is 2.64. The number of piperazine rings is 1. The Labute approximate surface area is 205 Å². The molecule has 3 aromatic rings. The highest BCUT2D eigenvalue weighted by Gasteiger charge is 2.26. The maximum Gasteiger partial charge on any atom is 0.263 e. The van der Waals surface area contributed by atoms with Crippen LogP contribution < -0.4 is 14.4 Å². The summed E-state index contributed by atoms with van der Waals surface area (Å²) in [5, 5.41) is 7.35. The van der Waals surface area contributed by atoms with Crippen molar-refractivity contribution in [1.82, 2.24) is 14.9 Å². The zero-order valence-electron chi connectivity index (χ0n) is 19.2. The van der Waals surface area contributed by atoms with Crippen LogP contribution in [0.2, 0.25) is 0 Å². The summed E-state index contributed by atoms with van der Waals surface area (Å²) in [6.07, 6.45) is 3.32. The van der Waals surface area contributed by atoms with Crippen LogP contribution in [-0.4, -0.2) is 67.7 Å². The number of nitrogens with zero attached hydrogens (tertiary/aromatic N) is 4. The van der Waals surface area contributed by atoms with Gasteiger partial charge in [0.05, 0.1) is 4.90 Å². The molecule has 2 N–H and O–H groups in total. The maximum absolute atomic E-state index is 12.9. The first-order valence-corrected chi connectivity index (χ1v) is 12.5. The first-order valence-electron chi connectivity index (χ1n) is 11.1. The van der Waals surface area contributed by atoms with Gasteiger partial charge in [0.25, 0.3) is 15.9 Å². The Morgan fingerprint density at radius 3 is 2.54 bits per heavy atom. The molecule has 1 atom stereocenters. The van der Waals surface area contributed by atoms with Gasteiger partial charge in [-0.1, -0.05) is 12.1 Å². The van der Waals surface area contributed by atoms with Crippen molar-refractivity contribution in [2.24, 2.45) is 0 Å². The van der Waals surface area contributed by atoms with Crippen molar-refractivity contribution in [2.75, 3.05) is 35.8 Å². The molecule has 184 valence electrons. The van der Waals surface area contributed by atoms with E-state index in [1.807, 2.05) is 0 Å². The number of carbonyl (C=O) groups excluding carboxylic acids is 1. The van der Waals surface area contributed by atoms with Gasteiger partial charge in [0, 0.05) is 45.7 Å². The molecular formula is C24H28N6O4S. The Kier molecular flexibility index (Phi) is 7.25. The average Bonchev–Trinajstić information content (AvgIpc) is 2.89. The van der Waals surface area contributed by atoms with Crippen LogP contribution in [-0.2, 0) is 14.8 Å². The summed E-state index contributed by atoms with van der Waals surface area (Å²) in [7, 11) is -3.76. The zero-order valence-corrected chi connectivity index (χ0v) is 20.0. The minimum absolute atomic E-state index is 0. The quantitative estimate of drug-likeness (QED) is 0.459. The minimum atomic E-state index is -3.76. The number of rotatable bonds is 8. The molecular weight excluding hydrogens is 468 g/mol. The molecule has 1 unspecified atom stereocenters. The van der Waals surface area contributed by atoms with Gasteiger partial charge >= 0.3 is 0 Å². The molecule has 0 bridgehead atoms. The molecule has 4 rings (SSSR count). The third-order valence-corrected chi connectivity index (χ3v) is 6.98. The van der Waals surface area contributed by atoms with E-state index in [9.17, 15) is 13.2 Å². The predicted molar refractivity (Wildman–Crippen MR) is 135 cm³/mol. The first kappa shape index (κ1) is 24.1. The lowest BCUT2D eigenvalue weighted by atomic mass is 10.2. The number of anilines is 2. The molecule has 2 aromatic carbocycles. The Morgan fingerprint density at radius 2 is 1.89 bits per heavy atom. The third kappa shape index (κ3) is 5.93. The zero-order chi connectivity index (χ0) is 24.8. The van der Waals surface area contributed by atoms with E-state index in [-0.39, 0.29) is 18.0 Å². The Balaban J connectivity index is 0.00000361. The summed E-state index contributed by atoms with van der Waals surface area (Å²) < 4.78 is 33.4. The Bertz CT molecular complexity index is 1280. The van der Waals surface area contributed by atoms with Crippen molar-refractivity contribution >= 4 is 33.7 Å². The van der Waals surface area contributed by atoms with Crippen molar-refractivity contribution < 1.29 is 19.4 Å². The molecule has 1 aliphatic heterocycles. The van der Waals surface area contributed by atoms with E-state index in [0.717, 1.165) is 5.69 Å². The number of hydrogen-bond acceptors (Lipinski definition) is 8. The number of ether oxygens (including phenoxy) is 1. The van der Waals surface area contributed by atoms with E-state index < -0.39 is 16.1 Å². The summed E-state index contributed by atoms with van der Waals surface area (Å²) in [6, 6.07) is 15.2. The molecule has 1 aromatic heterocycles. The largest absolute Gasteiger partial charge is 0.481 e. The van der Waals surface area contributed by atoms with Gasteiger partial charge in [0.15, 0.2) is 6.10 Å². The van der Waals surface area contributed by atoms with Gasteiger partial charge in [0.1, 0.15) is 17.9 Å². The number of nitrogens with one attached hydrogen (secondary N) is 2. The third-order valence-electron chi connectivity index (χ3n) is 5.61. The van der Waals surface area contributed by atoms with Gasteiger partial charge in [-0.25, -0.2) is 18.4 Å². The smallest absolute Gasteiger partial charge is 0.263 e. The van der Waals surface area contributed by atoms with Crippen molar-refractivity contribution in [2.45, 2.75) is 17.9 Å². The van der Waals surface area contributed by atoms with Gasteiger partial charge in [0.2, 0.25) is 0 Å². The summed E-state index contributed by atoms with van der Waals surface area (Å²) >= 11 is 0. The molecule has 0 radical (unpaired) electrons. The fourth-order valence-corrected chi connectivity index (χ4v) is 4.77. The van der Waals surface area contributed by atoms with Crippen molar-refractivity contribution in [3.05, 3.63) is 72.7 Å². The topological polar surface area (TPSA) is 129 Å². The normalized spacial score (nSPS) is 14.8. The van der Waals surface area contributed by atoms with Gasteiger partial charge in [-0.15, -0.1) is 0 Å². The van der Waals surface area contributed by atoms with Crippen LogP contribution in [0.3, 0.4) is 0 Å². The van der Waals surface area contributed by atoms with Crippen molar-refractivity contribution in [3.63, 3.8) is 0 Å². The second-order valence-electron chi connectivity index (χ2n) is 7.98. The molecule has 1 saturated heterocycles. The highest BCUT2D eigenvalue weighted by Crippen LogP contribution is 2.22. The van der Waals surface area contributed by atoms with Crippen molar-refractivity contribution in [3.8, 4) is 5.75 Å². The lowest BCUT2D eigenvalue weighted by Gasteiger charge is -2.37. The number of benzene rings is 2. The molecule has 0 spiro atoms. The summed E-state index contributed by atoms with van der Waals surface area (Å²) in [5.74, 6) is 0.655. The Hall–Kier alpha value is -3.99. The summed E-state index contributed by atoms with van der Waals surface area (Å²) in [4.78, 5) is 24.5. The molecule has 1 aliphatic rings. The lowest BCUT2D eigenvalue weighted by Crippen LogP contribution is -2.52. The molecule has 11 heteroatoms. The number of amides is 1. The van der Waals surface area contributed by atoms with Crippen LogP contribution in [0, 0.1) is 5.41 Å². The van der Waals surface area contributed by atoms with Gasteiger partial charge in [-0.05, 0) is 55.0 Å². The minimum Gasteiger partial charge on any atom is -0.481 e. The number of hydrogen-bond donors (Lipinski definition) is 2. The maximum atomic E-state index is 12.9. The molecule has 2 heterocycles. The van der Waals surface area contributed by atoms with E-state index in [1.165, 1.54) is 24.8 Å². The van der Waals surface area contributed by atoms with Crippen LogP contribution in [0.5, 0.6) is 5.75 Å². The van der Waals surface area contributed by atoms with Gasteiger partial charge in [-0.2, -0.15) is 0 Å². The Morgan fingerprint density at radius 1 is 1.14 bits per heavy atom. The molecule has 10 nitrogen and oxygen atoms in total. The van der Waals surface area contributed by atoms with Crippen LogP contribution in [0.1, 0.15) is 13.9 Å². The van der Waals surface area contributed by atoms with Crippen LogP contribution in [0.25, 0.3) is 0 Å². The van der Waals surface area contributed by atoms with E-state index in [2.05, 4.69) is 19.6 Å². The van der Waals surface area contributed by atoms with Crippen LogP contribution in [0.4, 0.5) is 11.5 Å². The molecule has 1 fully saturated rings. The summed E-state index contributed by atoms with van der Waals surface area (Å²) in [5.41, 5.74) is 1.59. The average molecular weight is 497 g/mol. The second-order valence-corrected chi connectivity index (χ2v) is 9.67. The number of sulfonamides is 1. The molecule has 1 amide bonds. The number of aromatic nitrogens is 2. The molecule has 0 aliphatic carbocycles. The van der Waals surface area contributed by atoms with E-state index in [4.69, 9.17) is 10.1 Å². The molecule has 35 heavy (non-hydrogen) atoms. The van der Waals surface area contributed by atoms with E-state index in [1.54, 1.807) is 60.4 Å². The monoisotopic (exact) mass is 496 g/mol. The van der Waals surface area contributed by atoms with Gasteiger partial charge in [-0.3, -0.25) is 9.52 Å². The number of carbonyl (C=O) groups is 1. The van der Waals surface area contributed by atoms with Crippen LogP contribution >= 0.6 is 0 Å².